The molecule has 0 radical (unpaired) electrons. The molecule has 0 unspecified atom stereocenters. The second-order valence-electron chi connectivity index (χ2n) is 6.74. The van der Waals surface area contributed by atoms with E-state index in [9.17, 15) is 0 Å². The molecule has 3 rings (SSSR count). The number of aliphatic imine (C=N–C) groups is 1. The number of para-hydroxylation sites is 1. The summed E-state index contributed by atoms with van der Waals surface area (Å²) in [5, 5.41) is 11.4. The molecule has 2 aromatic carbocycles. The highest BCUT2D eigenvalue weighted by Gasteiger charge is 2.09. The number of hydrogen-bond acceptors (Lipinski definition) is 2. The standard InChI is InChI=1S/C22H27N5.HI/c1-16-8-7-9-19(12-16)14-24-22(23-4)25-15-20-10-5-6-11-21(20)27-18(3)13-17(2)26-27;/h5-13H,14-15H2,1-4H3,(H2,23,24,25);1H. The molecule has 0 spiro atoms. The smallest absolute Gasteiger partial charge is 0.191 e. The van der Waals surface area contributed by atoms with Crippen molar-refractivity contribution in [3.63, 3.8) is 0 Å². The van der Waals surface area contributed by atoms with Crippen LogP contribution in [0.1, 0.15) is 28.1 Å². The van der Waals surface area contributed by atoms with Crippen molar-refractivity contribution < 1.29 is 0 Å². The molecule has 148 valence electrons. The Labute approximate surface area is 184 Å². The summed E-state index contributed by atoms with van der Waals surface area (Å²) in [6.07, 6.45) is 0. The molecule has 1 heterocycles. The zero-order chi connectivity index (χ0) is 19.2. The number of benzene rings is 2. The van der Waals surface area contributed by atoms with Gasteiger partial charge in [0, 0.05) is 25.8 Å². The van der Waals surface area contributed by atoms with Crippen molar-refractivity contribution in [1.82, 2.24) is 20.4 Å². The van der Waals surface area contributed by atoms with Gasteiger partial charge in [0.1, 0.15) is 0 Å². The summed E-state index contributed by atoms with van der Waals surface area (Å²) in [5.74, 6) is 0.777. The molecule has 0 bridgehead atoms. The highest BCUT2D eigenvalue weighted by atomic mass is 127. The van der Waals surface area contributed by atoms with Crippen LogP contribution in [-0.4, -0.2) is 22.8 Å². The zero-order valence-corrected chi connectivity index (χ0v) is 19.2. The molecular weight excluding hydrogens is 461 g/mol. The van der Waals surface area contributed by atoms with Crippen LogP contribution in [0, 0.1) is 20.8 Å². The first kappa shape index (κ1) is 21.9. The molecule has 3 aromatic rings. The monoisotopic (exact) mass is 489 g/mol. The van der Waals surface area contributed by atoms with Gasteiger partial charge in [-0.25, -0.2) is 4.68 Å². The Balaban J connectivity index is 0.00000280. The van der Waals surface area contributed by atoms with Gasteiger partial charge in [0.25, 0.3) is 0 Å². The van der Waals surface area contributed by atoms with Crippen LogP contribution in [0.25, 0.3) is 5.69 Å². The Kier molecular flexibility index (Phi) is 8.04. The van der Waals surface area contributed by atoms with E-state index < -0.39 is 0 Å². The minimum absolute atomic E-state index is 0. The van der Waals surface area contributed by atoms with Crippen LogP contribution in [0.15, 0.2) is 59.6 Å². The van der Waals surface area contributed by atoms with Crippen molar-refractivity contribution in [3.8, 4) is 5.69 Å². The molecule has 0 aliphatic heterocycles. The summed E-state index contributed by atoms with van der Waals surface area (Å²) in [7, 11) is 1.79. The quantitative estimate of drug-likeness (QED) is 0.320. The molecule has 0 aliphatic carbocycles. The van der Waals surface area contributed by atoms with E-state index in [0.29, 0.717) is 6.54 Å². The van der Waals surface area contributed by atoms with Gasteiger partial charge in [-0.2, -0.15) is 5.10 Å². The molecule has 0 atom stereocenters. The molecule has 0 fully saturated rings. The van der Waals surface area contributed by atoms with Gasteiger partial charge in [0.2, 0.25) is 0 Å². The maximum absolute atomic E-state index is 4.62. The number of guanidine groups is 1. The highest BCUT2D eigenvalue weighted by Crippen LogP contribution is 2.16. The summed E-state index contributed by atoms with van der Waals surface area (Å²) in [5.41, 5.74) is 6.90. The lowest BCUT2D eigenvalue weighted by Crippen LogP contribution is -2.36. The molecule has 2 N–H and O–H groups in total. The molecule has 0 aliphatic rings. The number of aryl methyl sites for hydroxylation is 3. The lowest BCUT2D eigenvalue weighted by atomic mass is 10.1. The average molecular weight is 489 g/mol. The average Bonchev–Trinajstić information content (AvgIpc) is 3.00. The number of hydrogen-bond donors (Lipinski definition) is 2. The molecule has 0 saturated carbocycles. The fraction of sp³-hybridized carbons (Fsp3) is 0.273. The summed E-state index contributed by atoms with van der Waals surface area (Å²) in [6.45, 7) is 7.60. The van der Waals surface area contributed by atoms with Crippen LogP contribution in [0.3, 0.4) is 0 Å². The molecule has 5 nitrogen and oxygen atoms in total. The SMILES string of the molecule is CN=C(NCc1cccc(C)c1)NCc1ccccc1-n1nc(C)cc1C.I. The predicted molar refractivity (Wildman–Crippen MR) is 127 cm³/mol. The van der Waals surface area contributed by atoms with Crippen molar-refractivity contribution in [3.05, 3.63) is 82.7 Å². The second kappa shape index (κ2) is 10.3. The first-order valence-corrected chi connectivity index (χ1v) is 9.18. The van der Waals surface area contributed by atoms with Crippen LogP contribution < -0.4 is 10.6 Å². The number of rotatable bonds is 5. The summed E-state index contributed by atoms with van der Waals surface area (Å²) >= 11 is 0. The van der Waals surface area contributed by atoms with Gasteiger partial charge in [0.15, 0.2) is 5.96 Å². The lowest BCUT2D eigenvalue weighted by molar-refractivity contribution is 0.781. The largest absolute Gasteiger partial charge is 0.352 e. The highest BCUT2D eigenvalue weighted by molar-refractivity contribution is 14.0. The molecule has 0 saturated heterocycles. The Hall–Kier alpha value is -2.35. The molecular formula is C22H28IN5. The zero-order valence-electron chi connectivity index (χ0n) is 16.9. The maximum atomic E-state index is 4.62. The topological polar surface area (TPSA) is 54.2 Å². The normalized spacial score (nSPS) is 11.1. The first-order valence-electron chi connectivity index (χ1n) is 9.18. The number of nitrogens with one attached hydrogen (secondary N) is 2. The Morgan fingerprint density at radius 2 is 1.71 bits per heavy atom. The molecule has 0 amide bonds. The predicted octanol–water partition coefficient (Wildman–Crippen LogP) is 4.28. The molecule has 1 aromatic heterocycles. The van der Waals surface area contributed by atoms with Crippen molar-refractivity contribution in [1.29, 1.82) is 0 Å². The van der Waals surface area contributed by atoms with Gasteiger partial charge in [0.05, 0.1) is 11.4 Å². The van der Waals surface area contributed by atoms with Gasteiger partial charge in [-0.3, -0.25) is 4.99 Å². The second-order valence-corrected chi connectivity index (χ2v) is 6.74. The Morgan fingerprint density at radius 1 is 0.964 bits per heavy atom. The van der Waals surface area contributed by atoms with Gasteiger partial charge >= 0.3 is 0 Å². The van der Waals surface area contributed by atoms with Crippen molar-refractivity contribution >= 4 is 29.9 Å². The van der Waals surface area contributed by atoms with E-state index in [2.05, 4.69) is 83.1 Å². The molecule has 6 heteroatoms. The summed E-state index contributed by atoms with van der Waals surface area (Å²) in [6, 6.07) is 18.9. The van der Waals surface area contributed by atoms with Crippen LogP contribution in [0.5, 0.6) is 0 Å². The fourth-order valence-corrected chi connectivity index (χ4v) is 3.15. The minimum atomic E-state index is 0. The van der Waals surface area contributed by atoms with Crippen molar-refractivity contribution in [2.24, 2.45) is 4.99 Å². The van der Waals surface area contributed by atoms with Gasteiger partial charge in [-0.15, -0.1) is 24.0 Å². The van der Waals surface area contributed by atoms with E-state index in [1.54, 1.807) is 7.05 Å². The molecule has 28 heavy (non-hydrogen) atoms. The van der Waals surface area contributed by atoms with Gasteiger partial charge in [-0.1, -0.05) is 48.0 Å². The Morgan fingerprint density at radius 3 is 2.39 bits per heavy atom. The third kappa shape index (κ3) is 5.58. The van der Waals surface area contributed by atoms with E-state index in [1.165, 1.54) is 16.7 Å². The maximum Gasteiger partial charge on any atom is 0.191 e. The van der Waals surface area contributed by atoms with Crippen LogP contribution >= 0.6 is 24.0 Å². The first-order chi connectivity index (χ1) is 13.1. The van der Waals surface area contributed by atoms with Gasteiger partial charge < -0.3 is 10.6 Å². The number of nitrogens with zero attached hydrogens (tertiary/aromatic N) is 3. The van der Waals surface area contributed by atoms with Gasteiger partial charge in [-0.05, 0) is 44.0 Å². The summed E-state index contributed by atoms with van der Waals surface area (Å²) in [4.78, 5) is 4.34. The fourth-order valence-electron chi connectivity index (χ4n) is 3.15. The van der Waals surface area contributed by atoms with E-state index in [-0.39, 0.29) is 24.0 Å². The third-order valence-electron chi connectivity index (χ3n) is 4.44. The number of halogens is 1. The van der Waals surface area contributed by atoms with E-state index in [1.807, 2.05) is 17.7 Å². The minimum Gasteiger partial charge on any atom is -0.352 e. The third-order valence-corrected chi connectivity index (χ3v) is 4.44. The van der Waals surface area contributed by atoms with Crippen LogP contribution in [0.2, 0.25) is 0 Å². The van der Waals surface area contributed by atoms with E-state index in [0.717, 1.165) is 29.6 Å². The Bertz CT molecular complexity index is 946. The summed E-state index contributed by atoms with van der Waals surface area (Å²) < 4.78 is 2.00. The van der Waals surface area contributed by atoms with Crippen LogP contribution in [-0.2, 0) is 13.1 Å². The van der Waals surface area contributed by atoms with Crippen molar-refractivity contribution in [2.45, 2.75) is 33.9 Å². The number of aromatic nitrogens is 2. The lowest BCUT2D eigenvalue weighted by Gasteiger charge is -2.15. The van der Waals surface area contributed by atoms with E-state index in [4.69, 9.17) is 0 Å². The van der Waals surface area contributed by atoms with Crippen LogP contribution in [0.4, 0.5) is 0 Å². The van der Waals surface area contributed by atoms with Crippen molar-refractivity contribution in [2.75, 3.05) is 7.05 Å². The van der Waals surface area contributed by atoms with E-state index >= 15 is 0 Å².